The summed E-state index contributed by atoms with van der Waals surface area (Å²) in [5.41, 5.74) is 0. The number of rotatable bonds is 74. The molecule has 17 nitrogen and oxygen atoms in total. The van der Waals surface area contributed by atoms with Crippen molar-refractivity contribution in [3.8, 4) is 0 Å². The predicted molar refractivity (Wildman–Crippen MR) is 436 cm³/mol. The molecule has 0 rings (SSSR count). The van der Waals surface area contributed by atoms with Crippen LogP contribution in [0.5, 0.6) is 0 Å². The zero-order valence-corrected chi connectivity index (χ0v) is 67.6. The summed E-state index contributed by atoms with van der Waals surface area (Å²) < 4.78 is 68.4. The normalized spacial score (nSPS) is 14.7. The van der Waals surface area contributed by atoms with Gasteiger partial charge in [0.15, 0.2) is 12.2 Å². The fourth-order valence-electron chi connectivity index (χ4n) is 9.95. The van der Waals surface area contributed by atoms with E-state index >= 15 is 0 Å². The van der Waals surface area contributed by atoms with Crippen molar-refractivity contribution in [1.82, 2.24) is 0 Å². The van der Waals surface area contributed by atoms with Crippen molar-refractivity contribution in [2.75, 3.05) is 39.6 Å². The topological polar surface area (TPSA) is 237 Å². The minimum absolute atomic E-state index is 0.000571. The Morgan fingerprint density at radius 1 is 0.264 bits per heavy atom. The van der Waals surface area contributed by atoms with Crippen LogP contribution in [0.2, 0.25) is 0 Å². The van der Waals surface area contributed by atoms with E-state index in [1.807, 2.05) is 42.5 Å². The number of aliphatic hydroxyl groups is 1. The van der Waals surface area contributed by atoms with Crippen LogP contribution in [-0.2, 0) is 65.4 Å². The van der Waals surface area contributed by atoms with E-state index in [0.29, 0.717) is 44.9 Å². The van der Waals surface area contributed by atoms with Gasteiger partial charge in [0, 0.05) is 25.7 Å². The second-order valence-electron chi connectivity index (χ2n) is 26.3. The summed E-state index contributed by atoms with van der Waals surface area (Å²) >= 11 is 0. The average Bonchev–Trinajstić information content (AvgIpc) is 0.901. The molecule has 106 heavy (non-hydrogen) atoms. The van der Waals surface area contributed by atoms with E-state index in [1.165, 1.54) is 83.5 Å². The van der Waals surface area contributed by atoms with Gasteiger partial charge in [0.2, 0.25) is 0 Å². The maximum Gasteiger partial charge on any atom is 0.472 e. The molecule has 0 fully saturated rings. The standard InChI is InChI=1S/C87H142O17P2/c1-5-9-13-17-21-25-29-33-36-39-40-43-46-50-54-58-62-66-70-74-87(92)103-82(77-97-84(89)71-67-63-59-55-51-47-32-28-24-20-16-12-8-4)79-101-105(93,94)99-75-81(88)76-100-106(95,96)102-80-83(104-86(91)73-69-65-61-57-53-49-45-42-38-35-31-27-23-19-15-11-7-3)78-98-85(90)72-68-64-60-56-52-48-44-41-37-34-30-26-22-18-14-10-6-2/h21-23,25-28,32-38,40,43-45,48-50,54,56-57,60-62,66,81-83,88H,5-20,24,29-31,39,41-42,46-47,51-53,55,58-59,63-65,67-80H2,1-4H3,(H,93,94)(H,95,96)/b25-21-,26-22-,27-23-,32-28-,36-33-,37-34-,38-35-,43-40-,48-44-,49-45-,54-50-,60-56-,61-57-,66-62-/t81-,82+,83+/m0/s1. The average molecular weight is 1520 g/mol. The van der Waals surface area contributed by atoms with E-state index < -0.39 is 97.5 Å². The Morgan fingerprint density at radius 3 is 0.830 bits per heavy atom. The van der Waals surface area contributed by atoms with Crippen LogP contribution in [0.15, 0.2) is 170 Å². The minimum Gasteiger partial charge on any atom is -0.462 e. The van der Waals surface area contributed by atoms with E-state index in [1.54, 1.807) is 0 Å². The van der Waals surface area contributed by atoms with Crippen molar-refractivity contribution in [2.45, 2.75) is 316 Å². The third-order valence-electron chi connectivity index (χ3n) is 16.1. The third-order valence-corrected chi connectivity index (χ3v) is 18.0. The highest BCUT2D eigenvalue weighted by molar-refractivity contribution is 7.47. The van der Waals surface area contributed by atoms with Gasteiger partial charge in [0.25, 0.3) is 0 Å². The first kappa shape index (κ1) is 100. The molecule has 0 aromatic rings. The van der Waals surface area contributed by atoms with Crippen LogP contribution < -0.4 is 0 Å². The molecule has 19 heteroatoms. The third kappa shape index (κ3) is 76.6. The van der Waals surface area contributed by atoms with Gasteiger partial charge in [-0.15, -0.1) is 0 Å². The minimum atomic E-state index is -5.02. The predicted octanol–water partition coefficient (Wildman–Crippen LogP) is 23.8. The number of phosphoric acid groups is 2. The molecule has 0 saturated carbocycles. The lowest BCUT2D eigenvalue weighted by molar-refractivity contribution is -0.161. The first-order chi connectivity index (χ1) is 51.7. The van der Waals surface area contributed by atoms with Crippen molar-refractivity contribution in [3.05, 3.63) is 170 Å². The molecule has 0 radical (unpaired) electrons. The Kier molecular flexibility index (Phi) is 73.5. The zero-order valence-electron chi connectivity index (χ0n) is 65.8. The van der Waals surface area contributed by atoms with Gasteiger partial charge in [-0.2, -0.15) is 0 Å². The largest absolute Gasteiger partial charge is 0.472 e. The molecule has 3 N–H and O–H groups in total. The number of esters is 4. The van der Waals surface area contributed by atoms with Crippen LogP contribution in [0.25, 0.3) is 0 Å². The maximum atomic E-state index is 13.1. The van der Waals surface area contributed by atoms with Crippen LogP contribution >= 0.6 is 15.6 Å². The highest BCUT2D eigenvalue weighted by Gasteiger charge is 2.30. The number of aliphatic hydroxyl groups excluding tert-OH is 1. The zero-order chi connectivity index (χ0) is 77.4. The van der Waals surface area contributed by atoms with E-state index in [9.17, 15) is 43.2 Å². The van der Waals surface area contributed by atoms with Gasteiger partial charge in [0.05, 0.1) is 26.4 Å². The monoisotopic (exact) mass is 1520 g/mol. The molecule has 0 aromatic heterocycles. The summed E-state index contributed by atoms with van der Waals surface area (Å²) in [7, 11) is -10.0. The first-order valence-electron chi connectivity index (χ1n) is 40.4. The highest BCUT2D eigenvalue weighted by Crippen LogP contribution is 2.45. The molecular formula is C87H142O17P2. The number of hydrogen-bond acceptors (Lipinski definition) is 15. The van der Waals surface area contributed by atoms with Crippen molar-refractivity contribution in [2.24, 2.45) is 0 Å². The van der Waals surface area contributed by atoms with Crippen LogP contribution in [0.1, 0.15) is 297 Å². The Labute approximate surface area is 642 Å². The van der Waals surface area contributed by atoms with Crippen LogP contribution in [0.4, 0.5) is 0 Å². The summed E-state index contributed by atoms with van der Waals surface area (Å²) in [5, 5.41) is 10.6. The van der Waals surface area contributed by atoms with E-state index in [2.05, 4.69) is 155 Å². The Hall–Kier alpha value is -5.58. The second kappa shape index (κ2) is 77.6. The van der Waals surface area contributed by atoms with Crippen molar-refractivity contribution >= 4 is 39.5 Å². The maximum absolute atomic E-state index is 13.1. The first-order valence-corrected chi connectivity index (χ1v) is 43.4. The number of carbonyl (C=O) groups is 4. The molecule has 0 aliphatic rings. The number of carbonyl (C=O) groups excluding carboxylic acids is 4. The highest BCUT2D eigenvalue weighted by atomic mass is 31.2. The smallest absolute Gasteiger partial charge is 0.462 e. The molecule has 2 unspecified atom stereocenters. The molecule has 0 aliphatic carbocycles. The number of hydrogen-bond donors (Lipinski definition) is 3. The fourth-order valence-corrected chi connectivity index (χ4v) is 11.5. The molecule has 0 aliphatic heterocycles. The van der Waals surface area contributed by atoms with Gasteiger partial charge in [-0.3, -0.25) is 37.3 Å². The van der Waals surface area contributed by atoms with Gasteiger partial charge >= 0.3 is 39.5 Å². The van der Waals surface area contributed by atoms with Gasteiger partial charge in [-0.1, -0.05) is 275 Å². The molecule has 5 atom stereocenters. The summed E-state index contributed by atoms with van der Waals surface area (Å²) in [5.74, 6) is -2.43. The van der Waals surface area contributed by atoms with Crippen molar-refractivity contribution in [1.29, 1.82) is 0 Å². The Balaban J connectivity index is 5.55. The van der Waals surface area contributed by atoms with Crippen molar-refractivity contribution < 1.29 is 80.2 Å². The Bertz CT molecular complexity index is 2680. The molecule has 0 saturated heterocycles. The lowest BCUT2D eigenvalue weighted by atomic mass is 10.1. The van der Waals surface area contributed by atoms with E-state index in [0.717, 1.165) is 116 Å². The number of ether oxygens (including phenoxy) is 4. The van der Waals surface area contributed by atoms with Gasteiger partial charge in [0.1, 0.15) is 19.3 Å². The molecule has 0 aromatic carbocycles. The van der Waals surface area contributed by atoms with Crippen LogP contribution in [-0.4, -0.2) is 96.7 Å². The molecule has 0 heterocycles. The summed E-state index contributed by atoms with van der Waals surface area (Å²) in [6, 6.07) is 0. The quantitative estimate of drug-likeness (QED) is 0.0169. The lowest BCUT2D eigenvalue weighted by Gasteiger charge is -2.21. The van der Waals surface area contributed by atoms with Gasteiger partial charge in [-0.25, -0.2) is 9.13 Å². The lowest BCUT2D eigenvalue weighted by Crippen LogP contribution is -2.30. The SMILES string of the molecule is CCCCC/C=C\C/C=C\C/C=C\C/C=C\C/C=C\CCC(=O)O[C@H](COC(=O)CCCCCCC/C=C\CCCCCC)COP(=O)(O)OC[C@H](O)COP(=O)(O)OC[C@@H](COC(=O)CCC/C=C\C/C=C\C/C=C\C/C=C\CCCCC)OC(=O)CCC/C=C\C/C=C\C/C=C\C/C=C\CCCCC. The van der Waals surface area contributed by atoms with Gasteiger partial charge < -0.3 is 33.8 Å². The number of allylic oxidation sites excluding steroid dienone is 28. The van der Waals surface area contributed by atoms with E-state index in [4.69, 9.17) is 37.0 Å². The fraction of sp³-hybridized carbons (Fsp3) is 0.632. The van der Waals surface area contributed by atoms with Crippen LogP contribution in [0, 0.1) is 0 Å². The van der Waals surface area contributed by atoms with Crippen molar-refractivity contribution in [3.63, 3.8) is 0 Å². The van der Waals surface area contributed by atoms with Gasteiger partial charge in [-0.05, 0) is 167 Å². The molecule has 0 amide bonds. The molecule has 0 bridgehead atoms. The van der Waals surface area contributed by atoms with E-state index in [-0.39, 0.29) is 25.7 Å². The Morgan fingerprint density at radius 2 is 0.491 bits per heavy atom. The number of unbranched alkanes of at least 4 members (excludes halogenated alkanes) is 20. The summed E-state index contributed by atoms with van der Waals surface area (Å²) in [4.78, 5) is 73.0. The molecule has 602 valence electrons. The molecule has 0 spiro atoms. The summed E-state index contributed by atoms with van der Waals surface area (Å²) in [6.45, 7) is 4.54. The molecular weight excluding hydrogens is 1380 g/mol. The second-order valence-corrected chi connectivity index (χ2v) is 29.2. The summed E-state index contributed by atoms with van der Waals surface area (Å²) in [6.07, 6.45) is 92.2. The number of phosphoric ester groups is 2. The van der Waals surface area contributed by atoms with Crippen LogP contribution in [0.3, 0.4) is 0 Å².